The number of nitrogens with zero attached hydrogens (tertiary/aromatic N) is 15. The molecule has 21 nitrogen and oxygen atoms in total. The van der Waals surface area contributed by atoms with Crippen LogP contribution >= 0.6 is 63.7 Å². The van der Waals surface area contributed by atoms with E-state index in [1.165, 1.54) is 89.9 Å². The van der Waals surface area contributed by atoms with Crippen LogP contribution in [0.1, 0.15) is 137 Å². The van der Waals surface area contributed by atoms with Crippen LogP contribution in [0.5, 0.6) is 0 Å². The molecule has 0 atom stereocenters. The first-order valence-corrected chi connectivity index (χ1v) is 41.1. The molecule has 1 aliphatic rings. The normalized spacial score (nSPS) is 11.1. The number of nitrogens with one attached hydrogen (secondary N) is 1. The third-order valence-electron chi connectivity index (χ3n) is 15.0. The number of imidazole rings is 2. The van der Waals surface area contributed by atoms with E-state index < -0.39 is 5.97 Å². The van der Waals surface area contributed by atoms with Crippen molar-refractivity contribution in [3.8, 4) is 0 Å². The summed E-state index contributed by atoms with van der Waals surface area (Å²) in [6.45, 7) is 8.27. The number of hydrogen-bond donors (Lipinski definition) is 4. The number of pyridine rings is 4. The van der Waals surface area contributed by atoms with Crippen molar-refractivity contribution in [2.75, 3.05) is 77.7 Å². The van der Waals surface area contributed by atoms with Gasteiger partial charge in [0.05, 0.1) is 54.9 Å². The zero-order chi connectivity index (χ0) is 78.6. The van der Waals surface area contributed by atoms with E-state index in [9.17, 15) is 4.79 Å². The van der Waals surface area contributed by atoms with Gasteiger partial charge in [-0.15, -0.1) is 4.68 Å². The molecule has 0 fully saturated rings. The molecule has 0 saturated heterocycles. The second-order valence-electron chi connectivity index (χ2n) is 24.0. The summed E-state index contributed by atoms with van der Waals surface area (Å²) in [5.74, 6) is 5.66. The predicted octanol–water partition coefficient (Wildman–Crippen LogP) is 10.7. The van der Waals surface area contributed by atoms with Gasteiger partial charge in [0.15, 0.2) is 24.8 Å². The molecule has 0 amide bonds. The number of aliphatic hydroxyl groups excluding tert-OH is 1. The number of aliphatic carboxylic acids is 1. The highest BCUT2D eigenvalue weighted by Crippen LogP contribution is 2.13. The molecular weight excluding hydrogens is 1780 g/mol. The molecule has 27 heteroatoms. The maximum Gasteiger partial charge on any atom is 0.300 e. The van der Waals surface area contributed by atoms with E-state index in [0.717, 1.165) is 113 Å². The number of carbonyl (C=O) groups excluding carboxylic acids is 1. The molecule has 0 aliphatic carbocycles. The van der Waals surface area contributed by atoms with Gasteiger partial charge >= 0.3 is 0 Å². The number of amidine groups is 1. The molecule has 1 aliphatic heterocycles. The number of carboxylic acids is 1. The van der Waals surface area contributed by atoms with E-state index >= 15 is 0 Å². The summed E-state index contributed by atoms with van der Waals surface area (Å²) < 4.78 is 10.6. The van der Waals surface area contributed by atoms with E-state index in [1.54, 1.807) is 48.9 Å². The monoisotopic (exact) mass is 1890 g/mol. The van der Waals surface area contributed by atoms with Gasteiger partial charge in [-0.2, -0.15) is 10.2 Å². The van der Waals surface area contributed by atoms with Gasteiger partial charge in [0, 0.05) is 185 Å². The number of halogens is 6. The van der Waals surface area contributed by atoms with Crippen molar-refractivity contribution in [1.82, 2.24) is 34.4 Å². The number of unbranched alkanes of at least 4 members (excludes halogenated alkanes) is 10. The first kappa shape index (κ1) is 102. The number of alkyl halides is 4. The fourth-order valence-corrected chi connectivity index (χ4v) is 10.7. The Morgan fingerprint density at radius 3 is 1.21 bits per heavy atom. The highest BCUT2D eigenvalue weighted by Gasteiger charge is 2.09. The zero-order valence-electron chi connectivity index (χ0n) is 64.8. The van der Waals surface area contributed by atoms with Crippen LogP contribution < -0.4 is 69.3 Å². The van der Waals surface area contributed by atoms with Gasteiger partial charge in [0.2, 0.25) is 0 Å². The quantitative estimate of drug-likeness (QED) is 0.00585. The highest BCUT2D eigenvalue weighted by atomic mass is 79.9. The molecule has 598 valence electrons. The SMILES string of the molecule is BrCCCCCCBr.CC(=O)O.CCO.CN(/N=C/c1cc[n+](CCCCCCBr)cc1)c1ccccc1.CN(/N=C/c1ccncc1)c1ccccc1.CN(N)c1ccccc1.C[N+](/N=C/c1cc[n+](CCCCCCBr)cc1)=C1C=CCCN1.O=Cc1ccncc1.[Br-].[Br-].c1cn(CCCCn2ccnc2)cn1. The molecule has 10 rings (SSSR count). The van der Waals surface area contributed by atoms with Gasteiger partial charge in [-0.05, 0) is 125 Å². The zero-order valence-corrected chi connectivity index (χ0v) is 74.3. The predicted molar refractivity (Wildman–Crippen MR) is 462 cm³/mol. The number of aromatic nitrogens is 8. The van der Waals surface area contributed by atoms with Crippen LogP contribution in [0, 0.1) is 0 Å². The fourth-order valence-electron chi connectivity index (χ4n) is 9.12. The Bertz CT molecular complexity index is 3660. The summed E-state index contributed by atoms with van der Waals surface area (Å²) in [6.07, 6.45) is 56.3. The van der Waals surface area contributed by atoms with Crippen LogP contribution in [0.15, 0.2) is 254 Å². The maximum absolute atomic E-state index is 9.98. The number of rotatable bonds is 32. The van der Waals surface area contributed by atoms with Gasteiger partial charge in [0.25, 0.3) is 11.8 Å². The number of aldehydes is 1. The fraction of sp³-hybridized carbons (Fsp3) is 0.373. The summed E-state index contributed by atoms with van der Waals surface area (Å²) in [5.41, 5.74) is 7.11. The van der Waals surface area contributed by atoms with E-state index in [2.05, 4.69) is 184 Å². The van der Waals surface area contributed by atoms with Gasteiger partial charge in [-0.1, -0.05) is 155 Å². The first-order valence-electron chi connectivity index (χ1n) is 36.6. The summed E-state index contributed by atoms with van der Waals surface area (Å²) in [4.78, 5) is 34.7. The standard InChI is InChI=1S/C19H25BrN3.C18H26BrN4.C13H13N3.C10H14N4.C7H10N2.C6H12Br2.C6H5NO.C2H4O2.C2H6O.2BrH/c1-22(19-9-5-4-6-10-19)21-17-18-11-15-23(16-12-18)14-8-3-2-7-13-20;1-22(18-8-4-6-12-20-18)21-16-17-9-14-23(15-10-17)13-7-3-2-5-11-19;1-16(13-5-3-2-4-6-13)15-11-12-7-9-14-10-8-12;1(5-13-7-3-11-9-13)2-6-14-8-4-12-10-14;1-9(8)7-5-3-2-4-6-7;7-5-3-1-2-4-6-8;8-5-6-1-3-7-4-2-6;1-2(3)4;1-2-3;;/h4-6,9-12,15-17H,2-3,7-8,13-14H2,1H3;4,8-10,14-16H,2-3,5-7,11-13H2,1H3;2-11H,1H3;3-4,7-10H,1-2,5-6H2;2-6H,8H2,1H3;1-6H2;1-5H;1H3,(H,3,4);3H,2H2,1H3;2*1H/q2*+1;;;;;;;;;/p-1/b;;15-11+;;;;;;;;. The average Bonchev–Trinajstić information content (AvgIpc) is 1.17. The van der Waals surface area contributed by atoms with Crippen LogP contribution in [0.25, 0.3) is 0 Å². The van der Waals surface area contributed by atoms with Crippen molar-refractivity contribution in [1.29, 1.82) is 0 Å². The summed E-state index contributed by atoms with van der Waals surface area (Å²) in [6, 6.07) is 45.6. The van der Waals surface area contributed by atoms with Crippen molar-refractivity contribution in [3.05, 3.63) is 261 Å². The van der Waals surface area contributed by atoms with Crippen molar-refractivity contribution >= 4 is 118 Å². The number of benzene rings is 3. The van der Waals surface area contributed by atoms with E-state index in [4.69, 9.17) is 20.9 Å². The van der Waals surface area contributed by atoms with Gasteiger partial charge in [-0.3, -0.25) is 34.9 Å². The minimum atomic E-state index is -0.833. The molecule has 0 bridgehead atoms. The first-order chi connectivity index (χ1) is 52.7. The average molecular weight is 1900 g/mol. The number of carboxylic acid groups (broad SMARTS) is 1. The van der Waals surface area contributed by atoms with Crippen molar-refractivity contribution in [3.63, 3.8) is 0 Å². The number of hydrazine groups is 1. The molecule has 9 aromatic rings. The summed E-state index contributed by atoms with van der Waals surface area (Å²) in [5, 5.41) is 41.5. The summed E-state index contributed by atoms with van der Waals surface area (Å²) >= 11 is 13.7. The summed E-state index contributed by atoms with van der Waals surface area (Å²) in [7, 11) is 7.66. The minimum Gasteiger partial charge on any atom is -1.00 e. The van der Waals surface area contributed by atoms with Crippen LogP contribution in [-0.4, -0.2) is 143 Å². The van der Waals surface area contributed by atoms with E-state index in [-0.39, 0.29) is 40.6 Å². The lowest BCUT2D eigenvalue weighted by Crippen LogP contribution is -3.00. The van der Waals surface area contributed by atoms with E-state index in [1.807, 2.05) is 202 Å². The number of hydrogen-bond acceptors (Lipinski definition) is 14. The Kier molecular flexibility index (Phi) is 66.5. The largest absolute Gasteiger partial charge is 1.00 e. The topological polar surface area (TPSA) is 232 Å². The van der Waals surface area contributed by atoms with Gasteiger partial charge in [0.1, 0.15) is 26.4 Å². The van der Waals surface area contributed by atoms with Gasteiger partial charge < -0.3 is 58.3 Å². The van der Waals surface area contributed by atoms with Crippen LogP contribution in [0.2, 0.25) is 0 Å². The lowest BCUT2D eigenvalue weighted by Gasteiger charge is -2.11. The van der Waals surface area contributed by atoms with Gasteiger partial charge in [-0.25, -0.2) is 24.9 Å². The second kappa shape index (κ2) is 71.5. The Hall–Kier alpha value is -7.76. The smallest absolute Gasteiger partial charge is 0.300 e. The van der Waals surface area contributed by atoms with Crippen LogP contribution in [-0.2, 0) is 31.0 Å². The maximum atomic E-state index is 9.98. The van der Waals surface area contributed by atoms with Crippen molar-refractivity contribution in [2.24, 2.45) is 21.1 Å². The van der Waals surface area contributed by atoms with Crippen LogP contribution in [0.4, 0.5) is 17.1 Å². The Balaban J connectivity index is 0.00000128. The number of aliphatic hydroxyl groups is 1. The van der Waals surface area contributed by atoms with E-state index in [0.29, 0.717) is 5.56 Å². The molecule has 0 saturated carbocycles. The molecule has 0 unspecified atom stereocenters. The number of anilines is 3. The molecule has 6 aromatic heterocycles. The highest BCUT2D eigenvalue weighted by molar-refractivity contribution is 9.09. The number of carbonyl (C=O) groups is 2. The third kappa shape index (κ3) is 55.6. The lowest BCUT2D eigenvalue weighted by molar-refractivity contribution is -0.697. The molecule has 110 heavy (non-hydrogen) atoms. The molecular formula is C83H116Br6N17O4+. The van der Waals surface area contributed by atoms with Crippen molar-refractivity contribution < 1.29 is 67.6 Å². The molecule has 0 radical (unpaired) electrons. The Morgan fingerprint density at radius 2 is 0.891 bits per heavy atom. The number of nitrogens with two attached hydrogens (primary N) is 1. The minimum absolute atomic E-state index is 0. The Morgan fingerprint density at radius 1 is 0.536 bits per heavy atom. The molecule has 5 N–H and O–H groups in total. The van der Waals surface area contributed by atoms with Crippen molar-refractivity contribution in [2.45, 2.75) is 136 Å². The number of aryl methyl sites for hydroxylation is 4. The molecule has 7 heterocycles. The number of para-hydroxylation sites is 3. The number of hydrazone groups is 3. The van der Waals surface area contributed by atoms with Crippen LogP contribution in [0.3, 0.4) is 0 Å². The molecule has 3 aromatic carbocycles. The Labute approximate surface area is 709 Å². The second-order valence-corrected chi connectivity index (χ2v) is 27.2. The third-order valence-corrected chi connectivity index (χ3v) is 17.2. The molecule has 0 spiro atoms. The lowest BCUT2D eigenvalue weighted by atomic mass is 10.2.